The van der Waals surface area contributed by atoms with Crippen LogP contribution in [0.1, 0.15) is 52.0 Å². The van der Waals surface area contributed by atoms with Crippen LogP contribution >= 0.6 is 0 Å². The quantitative estimate of drug-likeness (QED) is 0.903. The number of hydrogen-bond acceptors (Lipinski definition) is 3. The number of pyridine rings is 1. The van der Waals surface area contributed by atoms with Crippen molar-refractivity contribution in [3.63, 3.8) is 0 Å². The van der Waals surface area contributed by atoms with Gasteiger partial charge in [-0.2, -0.15) is 0 Å². The summed E-state index contributed by atoms with van der Waals surface area (Å²) in [5.41, 5.74) is 1.38. The van der Waals surface area contributed by atoms with E-state index in [9.17, 15) is 4.79 Å². The third kappa shape index (κ3) is 4.45. The predicted molar refractivity (Wildman–Crippen MR) is 86.1 cm³/mol. The van der Waals surface area contributed by atoms with Gasteiger partial charge in [0.15, 0.2) is 0 Å². The molecule has 21 heavy (non-hydrogen) atoms. The first-order chi connectivity index (χ1) is 10.0. The van der Waals surface area contributed by atoms with E-state index in [0.29, 0.717) is 13.0 Å². The lowest BCUT2D eigenvalue weighted by atomic mass is 9.85. The fourth-order valence-electron chi connectivity index (χ4n) is 2.63. The van der Waals surface area contributed by atoms with Crippen molar-refractivity contribution in [3.05, 3.63) is 23.9 Å². The first-order valence-corrected chi connectivity index (χ1v) is 7.97. The van der Waals surface area contributed by atoms with Gasteiger partial charge in [-0.3, -0.25) is 4.79 Å². The van der Waals surface area contributed by atoms with Gasteiger partial charge in [0.25, 0.3) is 0 Å². The molecule has 0 unspecified atom stereocenters. The van der Waals surface area contributed by atoms with Crippen LogP contribution < -0.4 is 5.32 Å². The lowest BCUT2D eigenvalue weighted by molar-refractivity contribution is -0.131. The van der Waals surface area contributed by atoms with E-state index in [2.05, 4.69) is 37.1 Å². The van der Waals surface area contributed by atoms with Crippen molar-refractivity contribution in [2.24, 2.45) is 5.41 Å². The van der Waals surface area contributed by atoms with Crippen LogP contribution in [0.4, 0.5) is 5.82 Å². The second-order valence-electron chi connectivity index (χ2n) is 6.67. The molecule has 1 N–H and O–H groups in total. The predicted octanol–water partition coefficient (Wildman–Crippen LogP) is 3.44. The Morgan fingerprint density at radius 1 is 1.38 bits per heavy atom. The van der Waals surface area contributed by atoms with Gasteiger partial charge in [-0.25, -0.2) is 4.98 Å². The van der Waals surface area contributed by atoms with Crippen LogP contribution in [0, 0.1) is 5.41 Å². The number of likely N-dealkylation sites (tertiary alicyclic amines) is 1. The van der Waals surface area contributed by atoms with Crippen molar-refractivity contribution in [1.29, 1.82) is 0 Å². The van der Waals surface area contributed by atoms with Crippen molar-refractivity contribution in [2.45, 2.75) is 53.0 Å². The van der Waals surface area contributed by atoms with Crippen molar-refractivity contribution in [3.8, 4) is 0 Å². The van der Waals surface area contributed by atoms with Crippen molar-refractivity contribution < 1.29 is 4.79 Å². The third-order valence-corrected chi connectivity index (χ3v) is 4.22. The molecule has 0 saturated carbocycles. The Hall–Kier alpha value is -1.58. The number of carbonyl (C=O) groups excluding carboxylic acids is 1. The van der Waals surface area contributed by atoms with Crippen LogP contribution in [0.2, 0.25) is 0 Å². The van der Waals surface area contributed by atoms with Gasteiger partial charge in [-0.1, -0.05) is 26.8 Å². The van der Waals surface area contributed by atoms with E-state index < -0.39 is 0 Å². The lowest BCUT2D eigenvalue weighted by Crippen LogP contribution is -2.30. The van der Waals surface area contributed by atoms with Crippen LogP contribution in [0.5, 0.6) is 0 Å². The monoisotopic (exact) mass is 289 g/mol. The van der Waals surface area contributed by atoms with Gasteiger partial charge in [0.05, 0.1) is 0 Å². The highest BCUT2D eigenvalue weighted by molar-refractivity contribution is 5.76. The van der Waals surface area contributed by atoms with E-state index in [1.807, 2.05) is 11.0 Å². The fraction of sp³-hybridized carbons (Fsp3) is 0.647. The molecule has 0 aromatic carbocycles. The highest BCUT2D eigenvalue weighted by Gasteiger charge is 2.27. The Morgan fingerprint density at radius 2 is 2.19 bits per heavy atom. The van der Waals surface area contributed by atoms with Gasteiger partial charge in [-0.15, -0.1) is 0 Å². The summed E-state index contributed by atoms with van der Waals surface area (Å²) >= 11 is 0. The van der Waals surface area contributed by atoms with Crippen molar-refractivity contribution in [2.75, 3.05) is 18.4 Å². The Balaban J connectivity index is 2.08. The van der Waals surface area contributed by atoms with Gasteiger partial charge in [0.1, 0.15) is 5.82 Å². The van der Waals surface area contributed by atoms with Crippen LogP contribution in [0.15, 0.2) is 18.3 Å². The van der Waals surface area contributed by atoms with Crippen LogP contribution in [0.25, 0.3) is 0 Å². The van der Waals surface area contributed by atoms with Gasteiger partial charge in [0.2, 0.25) is 5.91 Å². The maximum absolute atomic E-state index is 12.3. The molecule has 0 aliphatic carbocycles. The molecular weight excluding hydrogens is 262 g/mol. The van der Waals surface area contributed by atoms with E-state index in [1.165, 1.54) is 0 Å². The SMILES string of the molecule is CCCNc1ncccc1CN1CCC(C)(C)CCC1=O. The summed E-state index contributed by atoms with van der Waals surface area (Å²) in [6.45, 7) is 9.05. The van der Waals surface area contributed by atoms with E-state index >= 15 is 0 Å². The summed E-state index contributed by atoms with van der Waals surface area (Å²) in [6.07, 6.45) is 5.57. The Morgan fingerprint density at radius 3 is 2.95 bits per heavy atom. The second kappa shape index (κ2) is 6.92. The number of hydrogen-bond donors (Lipinski definition) is 1. The smallest absolute Gasteiger partial charge is 0.222 e. The highest BCUT2D eigenvalue weighted by Crippen LogP contribution is 2.31. The molecule has 1 amide bonds. The molecule has 1 saturated heterocycles. The molecular formula is C17H27N3O. The second-order valence-corrected chi connectivity index (χ2v) is 6.67. The zero-order valence-electron chi connectivity index (χ0n) is 13.5. The van der Waals surface area contributed by atoms with Crippen LogP contribution in [0.3, 0.4) is 0 Å². The molecule has 1 aromatic rings. The Labute approximate surface area is 127 Å². The fourth-order valence-corrected chi connectivity index (χ4v) is 2.63. The molecule has 0 radical (unpaired) electrons. The standard InChI is InChI=1S/C17H27N3O/c1-4-10-18-16-14(6-5-11-19-16)13-20-12-9-17(2,3)8-7-15(20)21/h5-6,11H,4,7-10,12-13H2,1-3H3,(H,18,19). The molecule has 4 nitrogen and oxygen atoms in total. The van der Waals surface area contributed by atoms with E-state index in [0.717, 1.165) is 43.7 Å². The van der Waals surface area contributed by atoms with E-state index in [4.69, 9.17) is 0 Å². The number of carbonyl (C=O) groups is 1. The number of amides is 1. The molecule has 1 aromatic heterocycles. The molecule has 116 valence electrons. The van der Waals surface area contributed by atoms with E-state index in [-0.39, 0.29) is 11.3 Å². The maximum Gasteiger partial charge on any atom is 0.222 e. The summed E-state index contributed by atoms with van der Waals surface area (Å²) in [4.78, 5) is 18.7. The van der Waals surface area contributed by atoms with Crippen LogP contribution in [-0.4, -0.2) is 28.9 Å². The van der Waals surface area contributed by atoms with E-state index in [1.54, 1.807) is 6.20 Å². The highest BCUT2D eigenvalue weighted by atomic mass is 16.2. The zero-order valence-corrected chi connectivity index (χ0v) is 13.5. The van der Waals surface area contributed by atoms with Gasteiger partial charge < -0.3 is 10.2 Å². The Kier molecular flexibility index (Phi) is 5.21. The molecule has 1 aliphatic rings. The Bertz CT molecular complexity index is 485. The van der Waals surface area contributed by atoms with Crippen LogP contribution in [-0.2, 0) is 11.3 Å². The first-order valence-electron chi connectivity index (χ1n) is 7.97. The number of nitrogens with zero attached hydrogens (tertiary/aromatic N) is 2. The minimum atomic E-state index is 0.267. The molecule has 4 heteroatoms. The first kappa shape index (κ1) is 15.8. The number of anilines is 1. The largest absolute Gasteiger partial charge is 0.370 e. The summed E-state index contributed by atoms with van der Waals surface area (Å²) in [5, 5.41) is 3.35. The molecule has 1 aliphatic heterocycles. The van der Waals surface area contributed by atoms with Crippen molar-refractivity contribution >= 4 is 11.7 Å². The van der Waals surface area contributed by atoms with Crippen molar-refractivity contribution in [1.82, 2.24) is 9.88 Å². The summed E-state index contributed by atoms with van der Waals surface area (Å²) < 4.78 is 0. The lowest BCUT2D eigenvalue weighted by Gasteiger charge is -2.24. The molecule has 0 bridgehead atoms. The normalized spacial score (nSPS) is 18.4. The van der Waals surface area contributed by atoms with Gasteiger partial charge in [-0.05, 0) is 30.7 Å². The number of aromatic nitrogens is 1. The molecule has 2 rings (SSSR count). The molecule has 2 heterocycles. The van der Waals surface area contributed by atoms with Gasteiger partial charge in [0, 0.05) is 37.8 Å². The molecule has 0 atom stereocenters. The minimum absolute atomic E-state index is 0.267. The summed E-state index contributed by atoms with van der Waals surface area (Å²) in [7, 11) is 0. The average Bonchev–Trinajstić information content (AvgIpc) is 2.59. The van der Waals surface area contributed by atoms with Gasteiger partial charge >= 0.3 is 0 Å². The topological polar surface area (TPSA) is 45.2 Å². The third-order valence-electron chi connectivity index (χ3n) is 4.22. The summed E-state index contributed by atoms with van der Waals surface area (Å²) in [6, 6.07) is 4.01. The number of nitrogens with one attached hydrogen (secondary N) is 1. The maximum atomic E-state index is 12.3. The summed E-state index contributed by atoms with van der Waals surface area (Å²) in [5.74, 6) is 1.18. The minimum Gasteiger partial charge on any atom is -0.370 e. The molecule has 0 spiro atoms. The zero-order chi connectivity index (χ0) is 15.3. The molecule has 1 fully saturated rings. The average molecular weight is 289 g/mol. The number of rotatable bonds is 5.